The minimum atomic E-state index is -1.02. The molecule has 1 aliphatic rings. The van der Waals surface area contributed by atoms with Crippen LogP contribution in [-0.4, -0.2) is 22.1 Å². The monoisotopic (exact) mass is 235 g/mol. The topological polar surface area (TPSA) is 88.2 Å². The fraction of sp³-hybridized carbons (Fsp3) is 0.500. The molecule has 1 aromatic rings. The Morgan fingerprint density at radius 2 is 2.47 bits per heavy atom. The minimum Gasteiger partial charge on any atom is -0.478 e. The predicted molar refractivity (Wildman–Crippen MR) is 66.0 cm³/mol. The number of carboxylic acids is 1. The number of pyridine rings is 1. The molecule has 4 N–H and O–H groups in total. The highest BCUT2D eigenvalue weighted by molar-refractivity contribution is 5.96. The molecule has 0 amide bonds. The van der Waals surface area contributed by atoms with Crippen molar-refractivity contribution in [2.24, 2.45) is 5.92 Å². The summed E-state index contributed by atoms with van der Waals surface area (Å²) < 4.78 is 0. The van der Waals surface area contributed by atoms with Crippen LogP contribution in [0.25, 0.3) is 0 Å². The summed E-state index contributed by atoms with van der Waals surface area (Å²) in [6.07, 6.45) is 4.95. The van der Waals surface area contributed by atoms with E-state index in [1.165, 1.54) is 25.1 Å². The van der Waals surface area contributed by atoms with E-state index in [4.69, 9.17) is 10.8 Å². The Hall–Kier alpha value is -1.78. The lowest BCUT2D eigenvalue weighted by molar-refractivity contribution is 0.0698. The van der Waals surface area contributed by atoms with Gasteiger partial charge in [0.15, 0.2) is 0 Å². The van der Waals surface area contributed by atoms with Crippen molar-refractivity contribution in [2.45, 2.75) is 32.2 Å². The highest BCUT2D eigenvalue weighted by Gasteiger charge is 2.36. The number of nitrogen functional groups attached to an aromatic ring is 1. The summed E-state index contributed by atoms with van der Waals surface area (Å²) in [5.74, 6) is 0.150. The third kappa shape index (κ3) is 2.49. The molecule has 0 bridgehead atoms. The molecule has 2 atom stereocenters. The molecule has 1 saturated carbocycles. The Morgan fingerprint density at radius 1 is 1.71 bits per heavy atom. The van der Waals surface area contributed by atoms with Gasteiger partial charge < -0.3 is 16.2 Å². The van der Waals surface area contributed by atoms with Gasteiger partial charge in [0.05, 0.1) is 11.3 Å². The maximum absolute atomic E-state index is 10.9. The molecule has 2 unspecified atom stereocenters. The van der Waals surface area contributed by atoms with E-state index < -0.39 is 5.97 Å². The van der Waals surface area contributed by atoms with E-state index in [2.05, 4.69) is 17.2 Å². The van der Waals surface area contributed by atoms with Gasteiger partial charge in [0.2, 0.25) is 0 Å². The number of nitrogens with zero attached hydrogens (tertiary/aromatic N) is 1. The summed E-state index contributed by atoms with van der Waals surface area (Å²) in [7, 11) is 0. The summed E-state index contributed by atoms with van der Waals surface area (Å²) in [6.45, 7) is 2.16. The van der Waals surface area contributed by atoms with Crippen LogP contribution in [0.15, 0.2) is 12.3 Å². The van der Waals surface area contributed by atoms with Gasteiger partial charge >= 0.3 is 5.97 Å². The molecule has 1 aliphatic carbocycles. The number of aromatic nitrogens is 1. The Labute approximate surface area is 100 Å². The van der Waals surface area contributed by atoms with Crippen LogP contribution in [0.2, 0.25) is 0 Å². The molecule has 5 nitrogen and oxygen atoms in total. The normalized spacial score (nSPS) is 22.2. The zero-order valence-electron chi connectivity index (χ0n) is 9.81. The maximum Gasteiger partial charge on any atom is 0.337 e. The van der Waals surface area contributed by atoms with Crippen molar-refractivity contribution < 1.29 is 9.90 Å². The Kier molecular flexibility index (Phi) is 3.17. The van der Waals surface area contributed by atoms with Crippen molar-refractivity contribution in [1.29, 1.82) is 0 Å². The number of hydrogen-bond acceptors (Lipinski definition) is 4. The van der Waals surface area contributed by atoms with E-state index in [0.29, 0.717) is 17.8 Å². The fourth-order valence-corrected chi connectivity index (χ4v) is 2.06. The van der Waals surface area contributed by atoms with E-state index in [1.807, 2.05) is 0 Å². The lowest BCUT2D eigenvalue weighted by atomic mass is 10.2. The van der Waals surface area contributed by atoms with Crippen LogP contribution in [0.1, 0.15) is 36.5 Å². The fourth-order valence-electron chi connectivity index (χ4n) is 2.06. The molecule has 17 heavy (non-hydrogen) atoms. The molecule has 0 aliphatic heterocycles. The van der Waals surface area contributed by atoms with Crippen LogP contribution in [0.3, 0.4) is 0 Å². The van der Waals surface area contributed by atoms with Crippen LogP contribution >= 0.6 is 0 Å². The third-order valence-corrected chi connectivity index (χ3v) is 3.12. The smallest absolute Gasteiger partial charge is 0.337 e. The predicted octanol–water partition coefficient (Wildman–Crippen LogP) is 1.96. The number of rotatable bonds is 5. The largest absolute Gasteiger partial charge is 0.478 e. The first-order chi connectivity index (χ1) is 8.13. The van der Waals surface area contributed by atoms with Crippen molar-refractivity contribution in [3.63, 3.8) is 0 Å². The van der Waals surface area contributed by atoms with Crippen molar-refractivity contribution in [1.82, 2.24) is 4.98 Å². The molecular formula is C12H17N3O2. The molecule has 0 saturated heterocycles. The first-order valence-electron chi connectivity index (χ1n) is 5.87. The average molecular weight is 235 g/mol. The molecule has 2 rings (SSSR count). The third-order valence-electron chi connectivity index (χ3n) is 3.12. The van der Waals surface area contributed by atoms with E-state index in [0.717, 1.165) is 6.42 Å². The summed E-state index contributed by atoms with van der Waals surface area (Å²) >= 11 is 0. The van der Waals surface area contributed by atoms with E-state index in [1.54, 1.807) is 0 Å². The minimum absolute atomic E-state index is 0.107. The van der Waals surface area contributed by atoms with Gasteiger partial charge in [-0.3, -0.25) is 0 Å². The quantitative estimate of drug-likeness (QED) is 0.726. The molecule has 1 fully saturated rings. The standard InChI is InChI=1S/C12H17N3O2/c1-2-3-7-6-9(7)15-11-10(13)8(12(16)17)4-5-14-11/h4-5,7,9H,2-3,6,13H2,1H3,(H,14,15)(H,16,17). The Bertz CT molecular complexity index is 434. The summed E-state index contributed by atoms with van der Waals surface area (Å²) in [4.78, 5) is 15.0. The molecular weight excluding hydrogens is 218 g/mol. The summed E-state index contributed by atoms with van der Waals surface area (Å²) in [5.41, 5.74) is 6.10. The van der Waals surface area contributed by atoms with E-state index in [-0.39, 0.29) is 11.3 Å². The van der Waals surface area contributed by atoms with Gasteiger partial charge in [0.1, 0.15) is 5.82 Å². The summed E-state index contributed by atoms with van der Waals surface area (Å²) in [6, 6.07) is 1.81. The Morgan fingerprint density at radius 3 is 3.12 bits per heavy atom. The Balaban J connectivity index is 2.07. The molecule has 0 spiro atoms. The average Bonchev–Trinajstić information content (AvgIpc) is 3.00. The second kappa shape index (κ2) is 4.61. The lowest BCUT2D eigenvalue weighted by Gasteiger charge is -2.09. The maximum atomic E-state index is 10.9. The molecule has 0 aromatic carbocycles. The van der Waals surface area contributed by atoms with Gasteiger partial charge in [-0.05, 0) is 24.8 Å². The van der Waals surface area contributed by atoms with Crippen LogP contribution in [0.4, 0.5) is 11.5 Å². The molecule has 0 radical (unpaired) electrons. The first kappa shape index (κ1) is 11.7. The number of nitrogens with two attached hydrogens (primary N) is 1. The van der Waals surface area contributed by atoms with Crippen molar-refractivity contribution in [3.05, 3.63) is 17.8 Å². The van der Waals surface area contributed by atoms with Crippen molar-refractivity contribution in [2.75, 3.05) is 11.1 Å². The zero-order valence-corrected chi connectivity index (χ0v) is 9.81. The molecule has 1 heterocycles. The van der Waals surface area contributed by atoms with Crippen LogP contribution < -0.4 is 11.1 Å². The van der Waals surface area contributed by atoms with Crippen LogP contribution in [0.5, 0.6) is 0 Å². The second-order valence-electron chi connectivity index (χ2n) is 4.46. The summed E-state index contributed by atoms with van der Waals surface area (Å²) in [5, 5.41) is 12.2. The zero-order chi connectivity index (χ0) is 12.4. The van der Waals surface area contributed by atoms with Gasteiger partial charge in [0.25, 0.3) is 0 Å². The van der Waals surface area contributed by atoms with E-state index >= 15 is 0 Å². The second-order valence-corrected chi connectivity index (χ2v) is 4.46. The number of aromatic carboxylic acids is 1. The number of anilines is 2. The molecule has 1 aromatic heterocycles. The van der Waals surface area contributed by atoms with Gasteiger partial charge in [-0.1, -0.05) is 13.3 Å². The molecule has 5 heteroatoms. The highest BCUT2D eigenvalue weighted by Crippen LogP contribution is 2.38. The van der Waals surface area contributed by atoms with Crippen LogP contribution in [-0.2, 0) is 0 Å². The number of carboxylic acid groups (broad SMARTS) is 1. The number of nitrogens with one attached hydrogen (secondary N) is 1. The molecule has 92 valence electrons. The van der Waals surface area contributed by atoms with Crippen LogP contribution in [0, 0.1) is 5.92 Å². The van der Waals surface area contributed by atoms with Gasteiger partial charge in [-0.25, -0.2) is 9.78 Å². The highest BCUT2D eigenvalue weighted by atomic mass is 16.4. The van der Waals surface area contributed by atoms with Crippen molar-refractivity contribution in [3.8, 4) is 0 Å². The van der Waals surface area contributed by atoms with E-state index in [9.17, 15) is 4.79 Å². The van der Waals surface area contributed by atoms with Gasteiger partial charge in [0, 0.05) is 12.2 Å². The SMILES string of the molecule is CCCC1CC1Nc1nccc(C(=O)O)c1N. The van der Waals surface area contributed by atoms with Gasteiger partial charge in [-0.15, -0.1) is 0 Å². The van der Waals surface area contributed by atoms with Crippen molar-refractivity contribution >= 4 is 17.5 Å². The van der Waals surface area contributed by atoms with Gasteiger partial charge in [-0.2, -0.15) is 0 Å². The number of carbonyl (C=O) groups is 1. The lowest BCUT2D eigenvalue weighted by Crippen LogP contribution is -2.12. The first-order valence-corrected chi connectivity index (χ1v) is 5.87. The number of hydrogen-bond donors (Lipinski definition) is 3.